The lowest BCUT2D eigenvalue weighted by Gasteiger charge is -2.20. The van der Waals surface area contributed by atoms with Gasteiger partial charge in [-0.2, -0.15) is 5.11 Å². The Balaban J connectivity index is 1.49. The Bertz CT molecular complexity index is 1040. The fourth-order valence-electron chi connectivity index (χ4n) is 3.52. The van der Waals surface area contributed by atoms with Crippen LogP contribution in [0.1, 0.15) is 25.3 Å². The third-order valence-corrected chi connectivity index (χ3v) is 5.46. The molecule has 8 nitrogen and oxygen atoms in total. The average Bonchev–Trinajstić information content (AvgIpc) is 3.23. The highest BCUT2D eigenvalue weighted by atomic mass is 35.5. The van der Waals surface area contributed by atoms with Crippen molar-refractivity contribution in [1.29, 1.82) is 0 Å². The van der Waals surface area contributed by atoms with Gasteiger partial charge in [0.15, 0.2) is 12.1 Å². The number of fused-ring (bicyclic) bond motifs is 1. The van der Waals surface area contributed by atoms with Crippen LogP contribution >= 0.6 is 11.6 Å². The fourth-order valence-corrected chi connectivity index (χ4v) is 3.70. The molecule has 2 heterocycles. The molecule has 0 radical (unpaired) electrons. The number of rotatable bonds is 5. The van der Waals surface area contributed by atoms with Gasteiger partial charge >= 0.3 is 0 Å². The second-order valence-corrected chi connectivity index (χ2v) is 7.89. The Hall–Kier alpha value is -3.26. The summed E-state index contributed by atoms with van der Waals surface area (Å²) >= 11 is 6.06. The number of nitrogens with one attached hydrogen (secondary N) is 1. The number of carbonyl (C=O) groups is 3. The molecule has 2 aromatic carbocycles. The molecular formula is C21H20ClN5O3. The highest BCUT2D eigenvalue weighted by molar-refractivity contribution is 6.33. The van der Waals surface area contributed by atoms with Crippen molar-refractivity contribution in [2.24, 2.45) is 10.3 Å². The van der Waals surface area contributed by atoms with E-state index in [1.54, 1.807) is 36.4 Å². The first-order valence-corrected chi connectivity index (χ1v) is 9.94. The lowest BCUT2D eigenvalue weighted by atomic mass is 10.0. The van der Waals surface area contributed by atoms with Crippen molar-refractivity contribution in [3.8, 4) is 0 Å². The molecule has 3 amide bonds. The van der Waals surface area contributed by atoms with Crippen molar-refractivity contribution in [3.05, 3.63) is 59.1 Å². The van der Waals surface area contributed by atoms with Gasteiger partial charge in [-0.3, -0.25) is 19.4 Å². The van der Waals surface area contributed by atoms with Crippen LogP contribution in [0.2, 0.25) is 5.02 Å². The van der Waals surface area contributed by atoms with Crippen molar-refractivity contribution in [2.75, 3.05) is 16.8 Å². The first-order valence-electron chi connectivity index (χ1n) is 9.56. The molecule has 154 valence electrons. The molecule has 0 unspecified atom stereocenters. The first kappa shape index (κ1) is 20.0. The van der Waals surface area contributed by atoms with E-state index >= 15 is 0 Å². The van der Waals surface area contributed by atoms with Gasteiger partial charge in [0.25, 0.3) is 11.8 Å². The molecule has 1 saturated heterocycles. The van der Waals surface area contributed by atoms with E-state index in [0.29, 0.717) is 22.3 Å². The molecule has 1 N–H and O–H groups in total. The fraction of sp³-hybridized carbons (Fsp3) is 0.286. The van der Waals surface area contributed by atoms with Gasteiger partial charge < -0.3 is 5.32 Å². The number of halogens is 1. The van der Waals surface area contributed by atoms with Crippen molar-refractivity contribution in [1.82, 2.24) is 5.01 Å². The molecule has 0 saturated carbocycles. The number of anilines is 2. The smallest absolute Gasteiger partial charge is 0.263 e. The topological polar surface area (TPSA) is 94.4 Å². The van der Waals surface area contributed by atoms with E-state index in [4.69, 9.17) is 11.6 Å². The van der Waals surface area contributed by atoms with Crippen molar-refractivity contribution < 1.29 is 14.4 Å². The summed E-state index contributed by atoms with van der Waals surface area (Å²) in [4.78, 5) is 39.4. The maximum Gasteiger partial charge on any atom is 0.263 e. The van der Waals surface area contributed by atoms with Crippen LogP contribution < -0.4 is 10.2 Å². The summed E-state index contributed by atoms with van der Waals surface area (Å²) < 4.78 is 0. The van der Waals surface area contributed by atoms with Crippen LogP contribution in [-0.2, 0) is 14.4 Å². The summed E-state index contributed by atoms with van der Waals surface area (Å²) in [5.74, 6) is -0.968. The van der Waals surface area contributed by atoms with Gasteiger partial charge in [0.2, 0.25) is 5.91 Å². The van der Waals surface area contributed by atoms with E-state index in [1.807, 2.05) is 12.1 Å². The van der Waals surface area contributed by atoms with Crippen LogP contribution in [0.4, 0.5) is 11.4 Å². The summed E-state index contributed by atoms with van der Waals surface area (Å²) in [5.41, 5.74) is 2.05. The molecule has 0 spiro atoms. The van der Waals surface area contributed by atoms with Gasteiger partial charge in [-0.25, -0.2) is 4.90 Å². The molecule has 2 aromatic rings. The minimum atomic E-state index is -0.949. The number of imide groups is 1. The highest BCUT2D eigenvalue weighted by Crippen LogP contribution is 2.32. The third-order valence-electron chi connectivity index (χ3n) is 5.13. The number of hydrogen-bond acceptors (Lipinski definition) is 6. The number of hydrogen-bond donors (Lipinski definition) is 1. The number of nitrogens with zero attached hydrogens (tertiary/aromatic N) is 4. The van der Waals surface area contributed by atoms with Crippen LogP contribution in [0.15, 0.2) is 58.9 Å². The van der Waals surface area contributed by atoms with Gasteiger partial charge in [-0.1, -0.05) is 54.9 Å². The minimum Gasteiger partial charge on any atom is -0.323 e. The number of carbonyl (C=O) groups excluding carboxylic acids is 3. The summed E-state index contributed by atoms with van der Waals surface area (Å²) in [6.45, 7) is 3.91. The Kier molecular flexibility index (Phi) is 5.26. The van der Waals surface area contributed by atoms with Gasteiger partial charge in [0.1, 0.15) is 6.54 Å². The lowest BCUT2D eigenvalue weighted by Crippen LogP contribution is -2.43. The van der Waals surface area contributed by atoms with Crippen LogP contribution in [0.5, 0.6) is 0 Å². The Morgan fingerprint density at radius 1 is 1.10 bits per heavy atom. The van der Waals surface area contributed by atoms with Gasteiger partial charge in [0, 0.05) is 0 Å². The summed E-state index contributed by atoms with van der Waals surface area (Å²) in [6.07, 6.45) is 0. The summed E-state index contributed by atoms with van der Waals surface area (Å²) in [7, 11) is 0. The van der Waals surface area contributed by atoms with E-state index in [-0.39, 0.29) is 6.54 Å². The molecule has 0 aliphatic carbocycles. The van der Waals surface area contributed by atoms with Crippen LogP contribution in [0, 0.1) is 0 Å². The first-order chi connectivity index (χ1) is 14.4. The molecule has 2 atom stereocenters. The Labute approximate surface area is 178 Å². The number of benzene rings is 2. The maximum atomic E-state index is 13.0. The van der Waals surface area contributed by atoms with E-state index in [2.05, 4.69) is 29.5 Å². The van der Waals surface area contributed by atoms with E-state index in [9.17, 15) is 14.4 Å². The van der Waals surface area contributed by atoms with E-state index < -0.39 is 29.8 Å². The standard InChI is InChI=1S/C21H20ClN5O3/c1-12(2)13-7-9-14(10-8-13)27-20(29)18-19(21(27)30)26(25-24-18)11-17(28)23-16-6-4-3-5-15(16)22/h3-10,12,18-19H,11H2,1-2H3,(H,23,28)/t18-,19-/m1/s1. The predicted octanol–water partition coefficient (Wildman–Crippen LogP) is 3.40. The number of amides is 3. The second kappa shape index (κ2) is 7.87. The molecular weight excluding hydrogens is 406 g/mol. The van der Waals surface area contributed by atoms with Crippen LogP contribution in [0.25, 0.3) is 0 Å². The quantitative estimate of drug-likeness (QED) is 0.743. The molecule has 0 aromatic heterocycles. The highest BCUT2D eigenvalue weighted by Gasteiger charge is 2.55. The normalized spacial score (nSPS) is 20.3. The molecule has 2 aliphatic heterocycles. The van der Waals surface area contributed by atoms with Gasteiger partial charge in [-0.15, -0.1) is 0 Å². The second-order valence-electron chi connectivity index (χ2n) is 7.48. The van der Waals surface area contributed by atoms with Gasteiger partial charge in [0.05, 0.1) is 16.4 Å². The van der Waals surface area contributed by atoms with Crippen LogP contribution in [0.3, 0.4) is 0 Å². The van der Waals surface area contributed by atoms with E-state index in [1.165, 1.54) is 5.01 Å². The zero-order valence-corrected chi connectivity index (χ0v) is 17.2. The molecule has 4 rings (SSSR count). The molecule has 9 heteroatoms. The largest absolute Gasteiger partial charge is 0.323 e. The van der Waals surface area contributed by atoms with Gasteiger partial charge in [-0.05, 0) is 35.7 Å². The van der Waals surface area contributed by atoms with Crippen LogP contribution in [-0.4, -0.2) is 41.4 Å². The third kappa shape index (κ3) is 3.54. The van der Waals surface area contributed by atoms with Crippen molar-refractivity contribution >= 4 is 40.7 Å². The molecule has 1 fully saturated rings. The summed E-state index contributed by atoms with van der Waals surface area (Å²) in [5, 5.41) is 12.2. The van der Waals surface area contributed by atoms with Crippen molar-refractivity contribution in [2.45, 2.75) is 31.8 Å². The molecule has 2 aliphatic rings. The monoisotopic (exact) mass is 425 g/mol. The van der Waals surface area contributed by atoms with Crippen molar-refractivity contribution in [3.63, 3.8) is 0 Å². The zero-order chi connectivity index (χ0) is 21.4. The average molecular weight is 426 g/mol. The summed E-state index contributed by atoms with van der Waals surface area (Å²) in [6, 6.07) is 12.2. The van der Waals surface area contributed by atoms with E-state index in [0.717, 1.165) is 10.5 Å². The lowest BCUT2D eigenvalue weighted by molar-refractivity contribution is -0.123. The molecule has 0 bridgehead atoms. The molecule has 30 heavy (non-hydrogen) atoms. The maximum absolute atomic E-state index is 13.0. The Morgan fingerprint density at radius 3 is 2.47 bits per heavy atom. The zero-order valence-electron chi connectivity index (χ0n) is 16.4. The minimum absolute atomic E-state index is 0.227. The predicted molar refractivity (Wildman–Crippen MR) is 112 cm³/mol. The Morgan fingerprint density at radius 2 is 1.80 bits per heavy atom. The SMILES string of the molecule is CC(C)c1ccc(N2C(=O)[C@@H]3N=NN(CC(=O)Nc4ccccc4Cl)[C@H]3C2=O)cc1. The number of para-hydroxylation sites is 1.